The molecule has 0 saturated carbocycles. The molecule has 0 aliphatic heterocycles. The van der Waals surface area contributed by atoms with Crippen LogP contribution in [0.5, 0.6) is 0 Å². The highest BCUT2D eigenvalue weighted by Gasteiger charge is 2.19. The number of rotatable bonds is 6. The summed E-state index contributed by atoms with van der Waals surface area (Å²) >= 11 is 0. The second-order valence-electron chi connectivity index (χ2n) is 17.2. The van der Waals surface area contributed by atoms with Gasteiger partial charge in [0.05, 0.1) is 22.2 Å². The maximum atomic E-state index is 9.57. The van der Waals surface area contributed by atoms with Gasteiger partial charge < -0.3 is 8.98 Å². The number of nitrogens with one attached hydrogen (secondary N) is 1. The van der Waals surface area contributed by atoms with Gasteiger partial charge in [-0.1, -0.05) is 146 Å². The number of aromatic nitrogens is 2. The highest BCUT2D eigenvalue weighted by atomic mass is 16.3. The summed E-state index contributed by atoms with van der Waals surface area (Å²) in [5.41, 5.74) is 12.2. The first-order chi connectivity index (χ1) is 33.6. The lowest BCUT2D eigenvalue weighted by Gasteiger charge is -2.13. The number of pyridine rings is 1. The van der Waals surface area contributed by atoms with Crippen molar-refractivity contribution in [1.29, 1.82) is 5.41 Å². The van der Waals surface area contributed by atoms with Gasteiger partial charge in [-0.05, 0) is 106 Å². The Hall–Kier alpha value is -9.26. The number of amidine groups is 2. The topological polar surface area (TPSA) is 79.5 Å². The number of nitrogens with zero attached hydrogens (tertiary/aromatic N) is 4. The van der Waals surface area contributed by atoms with E-state index in [0.29, 0.717) is 11.4 Å². The molecule has 1 N–H and O–H groups in total. The van der Waals surface area contributed by atoms with E-state index in [0.717, 1.165) is 110 Å². The van der Waals surface area contributed by atoms with Crippen LogP contribution in [0.4, 0.5) is 0 Å². The van der Waals surface area contributed by atoms with Gasteiger partial charge in [0.2, 0.25) is 0 Å². The van der Waals surface area contributed by atoms with Crippen molar-refractivity contribution in [2.45, 2.75) is 0 Å². The normalized spacial score (nSPS) is 12.2. The van der Waals surface area contributed by atoms with Gasteiger partial charge in [-0.3, -0.25) is 5.41 Å². The number of para-hydroxylation sites is 3. The van der Waals surface area contributed by atoms with Gasteiger partial charge in [-0.15, -0.1) is 0 Å². The molecule has 3 aromatic heterocycles. The zero-order chi connectivity index (χ0) is 45.1. The molecular weight excluding hydrogens is 831 g/mol. The monoisotopic (exact) mass is 869 g/mol. The van der Waals surface area contributed by atoms with Gasteiger partial charge in [0.15, 0.2) is 11.7 Å². The van der Waals surface area contributed by atoms with Crippen molar-refractivity contribution in [3.8, 4) is 28.1 Å². The second-order valence-corrected chi connectivity index (χ2v) is 17.2. The Labute approximate surface area is 390 Å². The zero-order valence-corrected chi connectivity index (χ0v) is 36.6. The summed E-state index contributed by atoms with van der Waals surface area (Å²) in [4.78, 5) is 15.6. The fraction of sp³-hybridized carbons (Fsp3) is 0. The number of benzene rings is 10. The van der Waals surface area contributed by atoms with Gasteiger partial charge in [-0.25, -0.2) is 15.0 Å². The molecule has 0 aliphatic rings. The van der Waals surface area contributed by atoms with Crippen LogP contribution in [0.3, 0.4) is 0 Å². The van der Waals surface area contributed by atoms with Crippen molar-refractivity contribution >= 4 is 94.1 Å². The van der Waals surface area contributed by atoms with Crippen molar-refractivity contribution in [3.63, 3.8) is 0 Å². The lowest BCUT2D eigenvalue weighted by atomic mass is 9.95. The third-order valence-electron chi connectivity index (χ3n) is 13.1. The predicted octanol–water partition coefficient (Wildman–Crippen LogP) is 15.8. The molecule has 0 spiro atoms. The van der Waals surface area contributed by atoms with Gasteiger partial charge in [0.1, 0.15) is 11.2 Å². The van der Waals surface area contributed by atoms with E-state index >= 15 is 0 Å². The first kappa shape index (κ1) is 39.1. The Morgan fingerprint density at radius 2 is 1.21 bits per heavy atom. The van der Waals surface area contributed by atoms with E-state index in [2.05, 4.69) is 168 Å². The minimum atomic E-state index is 0.104. The fourth-order valence-electron chi connectivity index (χ4n) is 9.88. The Balaban J connectivity index is 0.995. The zero-order valence-electron chi connectivity index (χ0n) is 36.6. The molecule has 0 bridgehead atoms. The van der Waals surface area contributed by atoms with Crippen molar-refractivity contribution < 1.29 is 4.42 Å². The van der Waals surface area contributed by atoms with E-state index in [1.165, 1.54) is 5.39 Å². The molecular formula is C62H39N5O. The van der Waals surface area contributed by atoms with Crippen molar-refractivity contribution in [2.24, 2.45) is 9.98 Å². The maximum absolute atomic E-state index is 9.57. The Kier molecular flexibility index (Phi) is 9.22. The lowest BCUT2D eigenvalue weighted by molar-refractivity contribution is 0.669. The maximum Gasteiger partial charge on any atom is 0.161 e. The summed E-state index contributed by atoms with van der Waals surface area (Å²) in [7, 11) is 0. The van der Waals surface area contributed by atoms with Crippen LogP contribution < -0.4 is 0 Å². The number of hydrogen-bond acceptors (Lipinski definition) is 3. The molecule has 318 valence electrons. The average Bonchev–Trinajstić information content (AvgIpc) is 3.95. The molecule has 10 aromatic carbocycles. The molecule has 0 fully saturated rings. The fourth-order valence-corrected chi connectivity index (χ4v) is 9.88. The summed E-state index contributed by atoms with van der Waals surface area (Å²) in [6, 6.07) is 77.3. The van der Waals surface area contributed by atoms with Crippen molar-refractivity contribution in [1.82, 2.24) is 9.55 Å². The van der Waals surface area contributed by atoms with Crippen LogP contribution in [0.25, 0.3) is 104 Å². The molecule has 0 unspecified atom stereocenters. The summed E-state index contributed by atoms with van der Waals surface area (Å²) in [6.45, 7) is 0. The molecule has 68 heavy (non-hydrogen) atoms. The number of aliphatic imine (C=N–C) groups is 2. The van der Waals surface area contributed by atoms with Gasteiger partial charge in [0.25, 0.3) is 0 Å². The Morgan fingerprint density at radius 1 is 0.471 bits per heavy atom. The molecule has 0 atom stereocenters. The lowest BCUT2D eigenvalue weighted by Crippen LogP contribution is -2.05. The number of hydrogen-bond donors (Lipinski definition) is 1. The molecule has 6 heteroatoms. The Bertz CT molecular complexity index is 4220. The first-order valence-corrected chi connectivity index (χ1v) is 22.7. The van der Waals surface area contributed by atoms with Gasteiger partial charge in [-0.2, -0.15) is 0 Å². The van der Waals surface area contributed by atoms with Crippen LogP contribution in [0.15, 0.2) is 239 Å². The van der Waals surface area contributed by atoms with E-state index in [9.17, 15) is 5.41 Å². The minimum absolute atomic E-state index is 0.104. The van der Waals surface area contributed by atoms with Crippen LogP contribution in [-0.2, 0) is 0 Å². The number of furan rings is 1. The molecule has 13 aromatic rings. The SMILES string of the molecule is N=C(N=C(N=Cc1ccc2c(c1)c1ccccc1n2-c1ccccc1)c1ccc2nc(-c3ccccc3)c3ccc4oc5ccccc5c4c3c2c1)c1cccc(-c2ccc3ccccc3c2)c1. The van der Waals surface area contributed by atoms with Gasteiger partial charge >= 0.3 is 0 Å². The smallest absolute Gasteiger partial charge is 0.161 e. The van der Waals surface area contributed by atoms with Crippen LogP contribution in [0.2, 0.25) is 0 Å². The number of fused-ring (bicyclic) bond motifs is 11. The summed E-state index contributed by atoms with van der Waals surface area (Å²) in [5, 5.41) is 19.3. The molecule has 0 amide bonds. The summed E-state index contributed by atoms with van der Waals surface area (Å²) in [6.07, 6.45) is 1.87. The van der Waals surface area contributed by atoms with Crippen LogP contribution in [-0.4, -0.2) is 27.4 Å². The minimum Gasteiger partial charge on any atom is -0.456 e. The molecule has 0 saturated heterocycles. The van der Waals surface area contributed by atoms with Gasteiger partial charge in [0, 0.05) is 66.3 Å². The van der Waals surface area contributed by atoms with E-state index in [-0.39, 0.29) is 5.84 Å². The first-order valence-electron chi connectivity index (χ1n) is 22.7. The second kappa shape index (κ2) is 16.0. The standard InChI is InChI=1S/C62H39N5O/c63-61(45-19-13-18-43(36-45)44-28-27-40-14-7-8-17-42(40)35-44)66-62(64-38-39-26-32-55-51(34-39)48-22-9-11-24-54(48)67(55)47-20-5-2-6-21-47)46-29-31-53-52(37-46)58-50(60(65-53)41-15-3-1-4-16-41)30-33-57-59(58)49-23-10-12-25-56(49)68-57/h1-38,63H. The molecule has 0 radical (unpaired) electrons. The molecule has 0 aliphatic carbocycles. The Morgan fingerprint density at radius 3 is 2.09 bits per heavy atom. The average molecular weight is 870 g/mol. The molecule has 6 nitrogen and oxygen atoms in total. The van der Waals surface area contributed by atoms with Crippen LogP contribution in [0.1, 0.15) is 16.7 Å². The molecule has 3 heterocycles. The van der Waals surface area contributed by atoms with E-state index in [1.807, 2.05) is 66.9 Å². The van der Waals surface area contributed by atoms with Crippen LogP contribution >= 0.6 is 0 Å². The van der Waals surface area contributed by atoms with E-state index in [1.54, 1.807) is 0 Å². The summed E-state index contributed by atoms with van der Waals surface area (Å²) in [5.74, 6) is 0.510. The highest BCUT2D eigenvalue weighted by Crippen LogP contribution is 2.42. The largest absolute Gasteiger partial charge is 0.456 e. The summed E-state index contributed by atoms with van der Waals surface area (Å²) < 4.78 is 8.78. The van der Waals surface area contributed by atoms with Crippen LogP contribution in [0, 0.1) is 5.41 Å². The highest BCUT2D eigenvalue weighted by molar-refractivity contribution is 6.29. The van der Waals surface area contributed by atoms with Crippen molar-refractivity contribution in [3.05, 3.63) is 241 Å². The van der Waals surface area contributed by atoms with E-state index < -0.39 is 0 Å². The third-order valence-corrected chi connectivity index (χ3v) is 13.1. The third kappa shape index (κ3) is 6.66. The predicted molar refractivity (Wildman–Crippen MR) is 283 cm³/mol. The quantitative estimate of drug-likeness (QED) is 0.103. The van der Waals surface area contributed by atoms with Crippen molar-refractivity contribution in [2.75, 3.05) is 0 Å². The molecule has 13 rings (SSSR count). The van der Waals surface area contributed by atoms with E-state index in [4.69, 9.17) is 19.4 Å².